The summed E-state index contributed by atoms with van der Waals surface area (Å²) in [6.07, 6.45) is 3.01. The Hall–Kier alpha value is -2.04. The lowest BCUT2D eigenvalue weighted by molar-refractivity contribution is -0.384. The first-order valence-corrected chi connectivity index (χ1v) is 10.2. The number of nitrogens with zero attached hydrogens (tertiary/aromatic N) is 3. The molecule has 1 aromatic rings. The lowest BCUT2D eigenvalue weighted by Crippen LogP contribution is -2.45. The van der Waals surface area contributed by atoms with Crippen molar-refractivity contribution in [1.29, 1.82) is 0 Å². The minimum Gasteiger partial charge on any atom is -0.326 e. The van der Waals surface area contributed by atoms with Gasteiger partial charge in [-0.05, 0) is 38.1 Å². The Labute approximate surface area is 153 Å². The van der Waals surface area contributed by atoms with E-state index in [0.717, 1.165) is 25.9 Å². The topological polar surface area (TPSA) is 113 Å². The second-order valence-electron chi connectivity index (χ2n) is 6.45. The number of hydrogen-bond acceptors (Lipinski definition) is 6. The number of benzene rings is 1. The first-order valence-electron chi connectivity index (χ1n) is 8.36. The highest BCUT2D eigenvalue weighted by atomic mass is 32.2. The summed E-state index contributed by atoms with van der Waals surface area (Å²) in [4.78, 5) is 24.3. The second-order valence-corrected chi connectivity index (χ2v) is 8.50. The maximum Gasteiger partial charge on any atom is 0.269 e. The Morgan fingerprint density at radius 2 is 1.88 bits per heavy atom. The zero-order valence-electron chi connectivity index (χ0n) is 14.9. The van der Waals surface area contributed by atoms with E-state index in [1.807, 2.05) is 0 Å². The third kappa shape index (κ3) is 5.75. The number of nitrogens with one attached hydrogen (secondary N) is 1. The third-order valence-electron chi connectivity index (χ3n) is 4.61. The summed E-state index contributed by atoms with van der Waals surface area (Å²) >= 11 is 0. The van der Waals surface area contributed by atoms with Gasteiger partial charge in [0.25, 0.3) is 5.69 Å². The van der Waals surface area contributed by atoms with Crippen LogP contribution in [-0.4, -0.2) is 67.4 Å². The van der Waals surface area contributed by atoms with E-state index in [-0.39, 0.29) is 17.6 Å². The van der Waals surface area contributed by atoms with Crippen LogP contribution >= 0.6 is 0 Å². The number of likely N-dealkylation sites (tertiary alicyclic amines) is 1. The fraction of sp³-hybridized carbons (Fsp3) is 0.562. The molecule has 1 saturated heterocycles. The van der Waals surface area contributed by atoms with Crippen LogP contribution in [0.25, 0.3) is 0 Å². The van der Waals surface area contributed by atoms with Crippen LogP contribution in [0.2, 0.25) is 0 Å². The SMILES string of the molecule is CN(C1CCN(CCC(=O)Nc2ccc([N+](=O)[O-])cc2)CC1)S(C)(=O)=O. The van der Waals surface area contributed by atoms with Crippen LogP contribution in [0.5, 0.6) is 0 Å². The molecule has 1 heterocycles. The smallest absolute Gasteiger partial charge is 0.269 e. The molecule has 2 rings (SSSR count). The largest absolute Gasteiger partial charge is 0.326 e. The van der Waals surface area contributed by atoms with E-state index >= 15 is 0 Å². The van der Waals surface area contributed by atoms with Crippen LogP contribution in [0.4, 0.5) is 11.4 Å². The molecule has 1 aliphatic rings. The van der Waals surface area contributed by atoms with E-state index in [1.54, 1.807) is 7.05 Å². The molecule has 1 N–H and O–H groups in total. The Morgan fingerprint density at radius 3 is 2.38 bits per heavy atom. The maximum atomic E-state index is 12.0. The molecule has 1 aliphatic heterocycles. The molecule has 0 bridgehead atoms. The van der Waals surface area contributed by atoms with E-state index in [1.165, 1.54) is 34.8 Å². The van der Waals surface area contributed by atoms with Gasteiger partial charge >= 0.3 is 0 Å². The van der Waals surface area contributed by atoms with E-state index in [9.17, 15) is 23.3 Å². The molecule has 0 unspecified atom stereocenters. The number of piperidine rings is 1. The normalized spacial score (nSPS) is 16.6. The fourth-order valence-electron chi connectivity index (χ4n) is 2.93. The van der Waals surface area contributed by atoms with Crippen LogP contribution < -0.4 is 5.32 Å². The highest BCUT2D eigenvalue weighted by Crippen LogP contribution is 2.18. The number of rotatable bonds is 7. The summed E-state index contributed by atoms with van der Waals surface area (Å²) in [5, 5.41) is 13.3. The zero-order valence-corrected chi connectivity index (χ0v) is 15.7. The number of nitro benzene ring substituents is 1. The molecule has 0 saturated carbocycles. The highest BCUT2D eigenvalue weighted by Gasteiger charge is 2.27. The summed E-state index contributed by atoms with van der Waals surface area (Å²) in [5.41, 5.74) is 0.499. The average Bonchev–Trinajstić information content (AvgIpc) is 2.59. The molecule has 1 aromatic carbocycles. The number of sulfonamides is 1. The summed E-state index contributed by atoms with van der Waals surface area (Å²) < 4.78 is 24.6. The Bertz CT molecular complexity index is 742. The molecule has 0 aliphatic carbocycles. The van der Waals surface area contributed by atoms with Crippen molar-refractivity contribution < 1.29 is 18.1 Å². The molecule has 1 fully saturated rings. The first kappa shape index (κ1) is 20.3. The van der Waals surface area contributed by atoms with Crippen LogP contribution in [0.1, 0.15) is 19.3 Å². The summed E-state index contributed by atoms with van der Waals surface area (Å²) in [7, 11) is -1.58. The van der Waals surface area contributed by atoms with Crippen LogP contribution in [0.15, 0.2) is 24.3 Å². The fourth-order valence-corrected chi connectivity index (χ4v) is 3.68. The van der Waals surface area contributed by atoms with Crippen LogP contribution in [0.3, 0.4) is 0 Å². The summed E-state index contributed by atoms with van der Waals surface area (Å²) in [6.45, 7) is 2.08. The second kappa shape index (κ2) is 8.56. The van der Waals surface area contributed by atoms with E-state index in [2.05, 4.69) is 10.2 Å². The van der Waals surface area contributed by atoms with Crippen molar-refractivity contribution in [2.75, 3.05) is 38.3 Å². The standard InChI is InChI=1S/C16H24N4O5S/c1-18(26(2,24)25)14-7-10-19(11-8-14)12-9-16(21)17-13-3-5-15(6-4-13)20(22)23/h3-6,14H,7-12H2,1-2H3,(H,17,21). The van der Waals surface area contributed by atoms with Gasteiger partial charge in [0.2, 0.25) is 15.9 Å². The van der Waals surface area contributed by atoms with Gasteiger partial charge in [0.05, 0.1) is 11.2 Å². The van der Waals surface area contributed by atoms with Crippen molar-refractivity contribution in [2.24, 2.45) is 0 Å². The molecule has 0 radical (unpaired) electrons. The van der Waals surface area contributed by atoms with E-state index in [4.69, 9.17) is 0 Å². The van der Waals surface area contributed by atoms with Crippen LogP contribution in [0, 0.1) is 10.1 Å². The lowest BCUT2D eigenvalue weighted by Gasteiger charge is -2.35. The molecule has 0 spiro atoms. The molecular formula is C16H24N4O5S. The number of amides is 1. The minimum atomic E-state index is -3.18. The third-order valence-corrected chi connectivity index (χ3v) is 5.96. The lowest BCUT2D eigenvalue weighted by atomic mass is 10.1. The quantitative estimate of drug-likeness (QED) is 0.560. The number of hydrogen-bond donors (Lipinski definition) is 1. The van der Waals surface area contributed by atoms with Crippen molar-refractivity contribution in [1.82, 2.24) is 9.21 Å². The Morgan fingerprint density at radius 1 is 1.31 bits per heavy atom. The number of non-ortho nitro benzene ring substituents is 1. The molecule has 9 nitrogen and oxygen atoms in total. The number of nitro groups is 1. The predicted octanol–water partition coefficient (Wildman–Crippen LogP) is 1.28. The Balaban J connectivity index is 1.74. The number of carbonyl (C=O) groups is 1. The van der Waals surface area contributed by atoms with Gasteiger partial charge in [-0.15, -0.1) is 0 Å². The summed E-state index contributed by atoms with van der Waals surface area (Å²) in [6, 6.07) is 5.71. The molecule has 26 heavy (non-hydrogen) atoms. The predicted molar refractivity (Wildman–Crippen MR) is 98.4 cm³/mol. The summed E-state index contributed by atoms with van der Waals surface area (Å²) in [5.74, 6) is -0.158. The van der Waals surface area contributed by atoms with Crippen LogP contribution in [-0.2, 0) is 14.8 Å². The molecule has 10 heteroatoms. The van der Waals surface area contributed by atoms with Crippen molar-refractivity contribution in [3.8, 4) is 0 Å². The van der Waals surface area contributed by atoms with Gasteiger partial charge in [-0.25, -0.2) is 12.7 Å². The average molecular weight is 384 g/mol. The van der Waals surface area contributed by atoms with E-state index < -0.39 is 14.9 Å². The van der Waals surface area contributed by atoms with Gasteiger partial charge in [-0.2, -0.15) is 0 Å². The molecular weight excluding hydrogens is 360 g/mol. The number of carbonyl (C=O) groups excluding carboxylic acids is 1. The van der Waals surface area contributed by atoms with Gasteiger partial charge in [0.1, 0.15) is 0 Å². The minimum absolute atomic E-state index is 0.00943. The zero-order chi connectivity index (χ0) is 19.3. The van der Waals surface area contributed by atoms with Gasteiger partial charge in [-0.1, -0.05) is 0 Å². The van der Waals surface area contributed by atoms with E-state index in [0.29, 0.717) is 18.7 Å². The van der Waals surface area contributed by atoms with Gasteiger partial charge in [-0.3, -0.25) is 14.9 Å². The molecule has 1 amide bonds. The highest BCUT2D eigenvalue weighted by molar-refractivity contribution is 7.88. The van der Waals surface area contributed by atoms with Crippen molar-refractivity contribution in [3.05, 3.63) is 34.4 Å². The van der Waals surface area contributed by atoms with Crippen molar-refractivity contribution in [2.45, 2.75) is 25.3 Å². The van der Waals surface area contributed by atoms with Gasteiger partial charge in [0, 0.05) is 43.9 Å². The molecule has 0 aromatic heterocycles. The number of anilines is 1. The van der Waals surface area contributed by atoms with Gasteiger partial charge in [0.15, 0.2) is 0 Å². The first-order chi connectivity index (χ1) is 12.2. The maximum absolute atomic E-state index is 12.0. The monoisotopic (exact) mass is 384 g/mol. The molecule has 144 valence electrons. The van der Waals surface area contributed by atoms with Crippen molar-refractivity contribution >= 4 is 27.3 Å². The van der Waals surface area contributed by atoms with Crippen molar-refractivity contribution in [3.63, 3.8) is 0 Å². The van der Waals surface area contributed by atoms with Gasteiger partial charge < -0.3 is 10.2 Å². The molecule has 0 atom stereocenters. The Kier molecular flexibility index (Phi) is 6.68.